The van der Waals surface area contributed by atoms with Crippen LogP contribution >= 0.6 is 0 Å². The van der Waals surface area contributed by atoms with E-state index in [1.165, 1.54) is 12.1 Å². The maximum absolute atomic E-state index is 13.0. The third-order valence-electron chi connectivity index (χ3n) is 4.05. The Morgan fingerprint density at radius 1 is 1.00 bits per heavy atom. The van der Waals surface area contributed by atoms with E-state index in [2.05, 4.69) is 0 Å². The van der Waals surface area contributed by atoms with Crippen molar-refractivity contribution < 1.29 is 12.8 Å². The van der Waals surface area contributed by atoms with Gasteiger partial charge in [0.15, 0.2) is 9.84 Å². The molecule has 5 heteroatoms. The Morgan fingerprint density at radius 3 is 2.19 bits per heavy atom. The predicted octanol–water partition coefficient (Wildman–Crippen LogP) is 2.34. The Morgan fingerprint density at radius 2 is 1.62 bits per heavy atom. The van der Waals surface area contributed by atoms with E-state index in [9.17, 15) is 12.8 Å². The van der Waals surface area contributed by atoms with Crippen LogP contribution in [0, 0.1) is 11.7 Å². The second kappa shape index (κ2) is 5.24. The van der Waals surface area contributed by atoms with E-state index in [0.717, 1.165) is 5.56 Å². The molecule has 0 unspecified atom stereocenters. The molecule has 0 heterocycles. The summed E-state index contributed by atoms with van der Waals surface area (Å²) < 4.78 is 38.4. The molecular formula is C16H16FNO2S. The second-order valence-electron chi connectivity index (χ2n) is 5.30. The first-order valence-electron chi connectivity index (χ1n) is 6.80. The van der Waals surface area contributed by atoms with Crippen molar-refractivity contribution in [1.82, 2.24) is 0 Å². The molecule has 2 N–H and O–H groups in total. The summed E-state index contributed by atoms with van der Waals surface area (Å²) in [6.45, 7) is 0.304. The quantitative estimate of drug-likeness (QED) is 0.943. The molecule has 0 radical (unpaired) electrons. The SMILES string of the molecule is NC[C@@H]1[C@H](c2ccc(F)cc2)[C@H]1S(=O)(=O)c1ccccc1. The maximum Gasteiger partial charge on any atom is 0.182 e. The summed E-state index contributed by atoms with van der Waals surface area (Å²) >= 11 is 0. The van der Waals surface area contributed by atoms with Crippen LogP contribution in [0.2, 0.25) is 0 Å². The van der Waals surface area contributed by atoms with Crippen molar-refractivity contribution in [2.24, 2.45) is 11.7 Å². The summed E-state index contributed by atoms with van der Waals surface area (Å²) in [6, 6.07) is 14.4. The van der Waals surface area contributed by atoms with E-state index >= 15 is 0 Å². The third kappa shape index (κ3) is 2.47. The minimum atomic E-state index is -3.41. The van der Waals surface area contributed by atoms with Gasteiger partial charge in [-0.3, -0.25) is 0 Å². The summed E-state index contributed by atoms with van der Waals surface area (Å²) in [7, 11) is -3.41. The van der Waals surface area contributed by atoms with Crippen LogP contribution in [-0.2, 0) is 9.84 Å². The van der Waals surface area contributed by atoms with E-state index < -0.39 is 15.1 Å². The van der Waals surface area contributed by atoms with Crippen molar-refractivity contribution in [1.29, 1.82) is 0 Å². The average molecular weight is 305 g/mol. The Labute approximate surface area is 123 Å². The van der Waals surface area contributed by atoms with Gasteiger partial charge in [-0.05, 0) is 42.3 Å². The van der Waals surface area contributed by atoms with Crippen molar-refractivity contribution >= 4 is 9.84 Å². The summed E-state index contributed by atoms with van der Waals surface area (Å²) in [5.74, 6) is -0.590. The molecule has 1 fully saturated rings. The predicted molar refractivity (Wildman–Crippen MR) is 79.1 cm³/mol. The van der Waals surface area contributed by atoms with Gasteiger partial charge in [0.2, 0.25) is 0 Å². The van der Waals surface area contributed by atoms with Crippen molar-refractivity contribution in [3.8, 4) is 0 Å². The number of hydrogen-bond acceptors (Lipinski definition) is 3. The van der Waals surface area contributed by atoms with Crippen LogP contribution in [-0.4, -0.2) is 20.2 Å². The van der Waals surface area contributed by atoms with Crippen LogP contribution in [0.25, 0.3) is 0 Å². The molecule has 110 valence electrons. The van der Waals surface area contributed by atoms with Crippen molar-refractivity contribution in [2.45, 2.75) is 16.1 Å². The van der Waals surface area contributed by atoms with E-state index in [1.54, 1.807) is 42.5 Å². The second-order valence-corrected chi connectivity index (χ2v) is 7.41. The average Bonchev–Trinajstić information content (AvgIpc) is 3.24. The first-order chi connectivity index (χ1) is 10.1. The minimum absolute atomic E-state index is 0.110. The fraction of sp³-hybridized carbons (Fsp3) is 0.250. The molecule has 3 atom stereocenters. The zero-order valence-electron chi connectivity index (χ0n) is 11.3. The number of rotatable bonds is 4. The maximum atomic E-state index is 13.0. The lowest BCUT2D eigenvalue weighted by Gasteiger charge is -2.04. The number of sulfone groups is 1. The largest absolute Gasteiger partial charge is 0.330 e. The smallest absolute Gasteiger partial charge is 0.182 e. The van der Waals surface area contributed by atoms with E-state index in [-0.39, 0.29) is 17.7 Å². The van der Waals surface area contributed by atoms with Gasteiger partial charge < -0.3 is 5.73 Å². The molecule has 0 bridgehead atoms. The molecule has 0 aromatic heterocycles. The zero-order chi connectivity index (χ0) is 15.0. The van der Waals surface area contributed by atoms with Gasteiger partial charge in [0.1, 0.15) is 5.82 Å². The van der Waals surface area contributed by atoms with Crippen LogP contribution in [0.4, 0.5) is 4.39 Å². The summed E-state index contributed by atoms with van der Waals surface area (Å²) in [6.07, 6.45) is 0. The molecule has 0 amide bonds. The molecule has 3 nitrogen and oxygen atoms in total. The van der Waals surface area contributed by atoms with Crippen molar-refractivity contribution in [2.75, 3.05) is 6.54 Å². The lowest BCUT2D eigenvalue weighted by atomic mass is 10.1. The summed E-state index contributed by atoms with van der Waals surface area (Å²) in [5, 5.41) is -0.518. The number of halogens is 1. The lowest BCUT2D eigenvalue weighted by Crippen LogP contribution is -2.13. The van der Waals surface area contributed by atoms with Gasteiger partial charge >= 0.3 is 0 Å². The first kappa shape index (κ1) is 14.2. The molecule has 2 aromatic carbocycles. The summed E-state index contributed by atoms with van der Waals surface area (Å²) in [5.41, 5.74) is 6.55. The van der Waals surface area contributed by atoms with Gasteiger partial charge in [-0.25, -0.2) is 12.8 Å². The highest BCUT2D eigenvalue weighted by atomic mass is 32.2. The molecular weight excluding hydrogens is 289 g/mol. The molecule has 1 saturated carbocycles. The van der Waals surface area contributed by atoms with Crippen LogP contribution in [0.3, 0.4) is 0 Å². The van der Waals surface area contributed by atoms with E-state index in [4.69, 9.17) is 5.73 Å². The Kier molecular flexibility index (Phi) is 3.55. The number of benzene rings is 2. The minimum Gasteiger partial charge on any atom is -0.330 e. The van der Waals surface area contributed by atoms with E-state index in [0.29, 0.717) is 11.4 Å². The number of nitrogens with two attached hydrogens (primary N) is 1. The highest BCUT2D eigenvalue weighted by Crippen LogP contribution is 2.53. The van der Waals surface area contributed by atoms with E-state index in [1.807, 2.05) is 0 Å². The fourth-order valence-electron chi connectivity index (χ4n) is 2.94. The van der Waals surface area contributed by atoms with Crippen LogP contribution in [0.5, 0.6) is 0 Å². The topological polar surface area (TPSA) is 60.2 Å². The molecule has 0 aliphatic heterocycles. The van der Waals surface area contributed by atoms with Gasteiger partial charge in [0, 0.05) is 5.92 Å². The normalized spacial score (nSPS) is 24.8. The molecule has 0 spiro atoms. The van der Waals surface area contributed by atoms with Gasteiger partial charge in [-0.15, -0.1) is 0 Å². The first-order valence-corrected chi connectivity index (χ1v) is 8.35. The summed E-state index contributed by atoms with van der Waals surface area (Å²) in [4.78, 5) is 0.318. The molecule has 21 heavy (non-hydrogen) atoms. The van der Waals surface area contributed by atoms with Crippen molar-refractivity contribution in [3.63, 3.8) is 0 Å². The molecule has 1 aliphatic rings. The lowest BCUT2D eigenvalue weighted by molar-refractivity contribution is 0.591. The van der Waals surface area contributed by atoms with Crippen LogP contribution in [0.1, 0.15) is 11.5 Å². The standard InChI is InChI=1S/C16H16FNO2S/c17-12-8-6-11(7-9-12)15-14(10-18)16(15)21(19,20)13-4-2-1-3-5-13/h1-9,14-16H,10,18H2/t14-,15+,16+/m1/s1. The van der Waals surface area contributed by atoms with Crippen LogP contribution < -0.4 is 5.73 Å². The molecule has 1 aliphatic carbocycles. The van der Waals surface area contributed by atoms with Gasteiger partial charge in [0.05, 0.1) is 10.1 Å². The Bertz CT molecular complexity index is 729. The van der Waals surface area contributed by atoms with Gasteiger partial charge in [-0.1, -0.05) is 30.3 Å². The fourth-order valence-corrected chi connectivity index (χ4v) is 5.18. The highest BCUT2D eigenvalue weighted by molar-refractivity contribution is 7.92. The molecule has 0 saturated heterocycles. The third-order valence-corrected chi connectivity index (χ3v) is 6.34. The van der Waals surface area contributed by atoms with Crippen molar-refractivity contribution in [3.05, 3.63) is 66.0 Å². The van der Waals surface area contributed by atoms with Gasteiger partial charge in [0.25, 0.3) is 0 Å². The Balaban J connectivity index is 1.94. The highest BCUT2D eigenvalue weighted by Gasteiger charge is 2.57. The Hall–Kier alpha value is -1.72. The monoisotopic (exact) mass is 305 g/mol. The number of hydrogen-bond donors (Lipinski definition) is 1. The van der Waals surface area contributed by atoms with Crippen LogP contribution in [0.15, 0.2) is 59.5 Å². The zero-order valence-corrected chi connectivity index (χ0v) is 12.1. The van der Waals surface area contributed by atoms with Gasteiger partial charge in [-0.2, -0.15) is 0 Å². The molecule has 2 aromatic rings. The molecule has 3 rings (SSSR count).